The summed E-state index contributed by atoms with van der Waals surface area (Å²) in [6, 6.07) is 0.174. The Morgan fingerprint density at radius 3 is 2.59 bits per heavy atom. The molecule has 2 rings (SSSR count). The second kappa shape index (κ2) is 5.57. The quantitative estimate of drug-likeness (QED) is 0.802. The van der Waals surface area contributed by atoms with Gasteiger partial charge in [-0.1, -0.05) is 5.16 Å². The fourth-order valence-corrected chi connectivity index (χ4v) is 2.15. The molecule has 96 valence electrons. The zero-order valence-electron chi connectivity index (χ0n) is 10.5. The second-order valence-corrected chi connectivity index (χ2v) is 4.46. The van der Waals surface area contributed by atoms with Gasteiger partial charge in [0.2, 0.25) is 5.89 Å². The number of nitrogens with zero attached hydrogens (tertiary/aromatic N) is 4. The Morgan fingerprint density at radius 1 is 1.35 bits per heavy atom. The molecule has 0 aromatic carbocycles. The molecule has 1 aromatic heterocycles. The fourth-order valence-electron chi connectivity index (χ4n) is 2.15. The summed E-state index contributed by atoms with van der Waals surface area (Å²) in [5.41, 5.74) is 0. The van der Waals surface area contributed by atoms with Crippen molar-refractivity contribution in [2.45, 2.75) is 19.9 Å². The first kappa shape index (κ1) is 12.5. The Labute approximate surface area is 101 Å². The molecule has 0 aliphatic carbocycles. The van der Waals surface area contributed by atoms with Crippen LogP contribution in [0.4, 0.5) is 0 Å². The van der Waals surface area contributed by atoms with E-state index in [1.54, 1.807) is 0 Å². The molecule has 1 N–H and O–H groups in total. The number of rotatable bonds is 4. The third-order valence-electron chi connectivity index (χ3n) is 3.27. The van der Waals surface area contributed by atoms with Crippen LogP contribution in [0.1, 0.15) is 24.7 Å². The fraction of sp³-hybridized carbons (Fsp3) is 0.818. The Kier molecular flexibility index (Phi) is 4.09. The Hall–Kier alpha value is -0.980. The lowest BCUT2D eigenvalue weighted by Gasteiger charge is -2.36. The highest BCUT2D eigenvalue weighted by atomic mass is 16.5. The molecule has 6 nitrogen and oxygen atoms in total. The zero-order chi connectivity index (χ0) is 12.3. The van der Waals surface area contributed by atoms with Crippen molar-refractivity contribution in [3.05, 3.63) is 11.7 Å². The molecular formula is C11H20N4O2. The Bertz CT molecular complexity index is 347. The Balaban J connectivity index is 1.88. The molecule has 0 saturated carbocycles. The van der Waals surface area contributed by atoms with E-state index in [-0.39, 0.29) is 12.6 Å². The van der Waals surface area contributed by atoms with Crippen LogP contribution in [-0.2, 0) is 0 Å². The monoisotopic (exact) mass is 240 g/mol. The molecule has 1 aromatic rings. The predicted octanol–water partition coefficient (Wildman–Crippen LogP) is 0.0489. The summed E-state index contributed by atoms with van der Waals surface area (Å²) in [6.07, 6.45) is 0. The predicted molar refractivity (Wildman–Crippen MR) is 62.5 cm³/mol. The van der Waals surface area contributed by atoms with E-state index in [9.17, 15) is 0 Å². The number of aryl methyl sites for hydroxylation is 1. The van der Waals surface area contributed by atoms with E-state index in [1.165, 1.54) is 0 Å². The average molecular weight is 240 g/mol. The van der Waals surface area contributed by atoms with Gasteiger partial charge < -0.3 is 9.63 Å². The van der Waals surface area contributed by atoms with Crippen LogP contribution in [0.3, 0.4) is 0 Å². The molecule has 0 radical (unpaired) electrons. The van der Waals surface area contributed by atoms with Crippen molar-refractivity contribution in [2.75, 3.05) is 39.3 Å². The maximum Gasteiger partial charge on any atom is 0.243 e. The van der Waals surface area contributed by atoms with E-state index >= 15 is 0 Å². The van der Waals surface area contributed by atoms with Crippen LogP contribution >= 0.6 is 0 Å². The van der Waals surface area contributed by atoms with Gasteiger partial charge >= 0.3 is 0 Å². The van der Waals surface area contributed by atoms with Crippen molar-refractivity contribution in [3.63, 3.8) is 0 Å². The summed E-state index contributed by atoms with van der Waals surface area (Å²) < 4.78 is 5.20. The molecule has 6 heteroatoms. The number of aliphatic hydroxyl groups is 1. The number of aromatic nitrogens is 2. The molecule has 1 aliphatic rings. The van der Waals surface area contributed by atoms with E-state index < -0.39 is 0 Å². The highest BCUT2D eigenvalue weighted by molar-refractivity contribution is 4.91. The van der Waals surface area contributed by atoms with Crippen LogP contribution in [0, 0.1) is 6.92 Å². The van der Waals surface area contributed by atoms with Crippen molar-refractivity contribution in [2.24, 2.45) is 0 Å². The standard InChI is InChI=1S/C11H20N4O2/c1-9(11-12-10(2)13-17-11)15-5-3-14(4-6-15)7-8-16/h9,16H,3-8H2,1-2H3. The van der Waals surface area contributed by atoms with Crippen molar-refractivity contribution in [1.82, 2.24) is 19.9 Å². The van der Waals surface area contributed by atoms with Crippen LogP contribution in [0.25, 0.3) is 0 Å². The number of hydrogen-bond acceptors (Lipinski definition) is 6. The maximum atomic E-state index is 8.89. The first-order chi connectivity index (χ1) is 8.20. The second-order valence-electron chi connectivity index (χ2n) is 4.46. The molecular weight excluding hydrogens is 220 g/mol. The van der Waals surface area contributed by atoms with Crippen molar-refractivity contribution in [1.29, 1.82) is 0 Å². The van der Waals surface area contributed by atoms with Crippen LogP contribution < -0.4 is 0 Å². The Morgan fingerprint density at radius 2 is 2.06 bits per heavy atom. The molecule has 17 heavy (non-hydrogen) atoms. The summed E-state index contributed by atoms with van der Waals surface area (Å²) in [7, 11) is 0. The minimum absolute atomic E-state index is 0.174. The van der Waals surface area contributed by atoms with Gasteiger partial charge in [-0.2, -0.15) is 4.98 Å². The third kappa shape index (κ3) is 3.02. The van der Waals surface area contributed by atoms with Crippen molar-refractivity contribution < 1.29 is 9.63 Å². The summed E-state index contributed by atoms with van der Waals surface area (Å²) >= 11 is 0. The van der Waals surface area contributed by atoms with Crippen LogP contribution in [0.5, 0.6) is 0 Å². The zero-order valence-corrected chi connectivity index (χ0v) is 10.5. The number of aliphatic hydroxyl groups excluding tert-OH is 1. The van der Waals surface area contributed by atoms with Gasteiger partial charge in [-0.25, -0.2) is 0 Å². The van der Waals surface area contributed by atoms with Gasteiger partial charge in [0.25, 0.3) is 0 Å². The summed E-state index contributed by atoms with van der Waals surface area (Å²) in [5, 5.41) is 12.7. The lowest BCUT2D eigenvalue weighted by molar-refractivity contribution is 0.0776. The van der Waals surface area contributed by atoms with Gasteiger partial charge in [0.15, 0.2) is 5.82 Å². The number of β-amino-alcohol motifs (C(OH)–C–C–N with tert-alkyl or cyclic N) is 1. The van der Waals surface area contributed by atoms with Gasteiger partial charge in [0.1, 0.15) is 0 Å². The molecule has 1 fully saturated rings. The first-order valence-corrected chi connectivity index (χ1v) is 6.08. The van der Waals surface area contributed by atoms with Gasteiger partial charge in [0.05, 0.1) is 12.6 Å². The van der Waals surface area contributed by atoms with Gasteiger partial charge in [0, 0.05) is 32.7 Å². The summed E-state index contributed by atoms with van der Waals surface area (Å²) in [6.45, 7) is 8.84. The average Bonchev–Trinajstić information content (AvgIpc) is 2.76. The molecule has 1 saturated heterocycles. The summed E-state index contributed by atoms with van der Waals surface area (Å²) in [4.78, 5) is 8.87. The van der Waals surface area contributed by atoms with Gasteiger partial charge in [-0.3, -0.25) is 9.80 Å². The van der Waals surface area contributed by atoms with Crippen molar-refractivity contribution in [3.8, 4) is 0 Å². The lowest BCUT2D eigenvalue weighted by Crippen LogP contribution is -2.47. The van der Waals surface area contributed by atoms with E-state index in [4.69, 9.17) is 9.63 Å². The largest absolute Gasteiger partial charge is 0.395 e. The molecule has 0 bridgehead atoms. The van der Waals surface area contributed by atoms with Crippen LogP contribution in [0.15, 0.2) is 4.52 Å². The number of piperazine rings is 1. The van der Waals surface area contributed by atoms with E-state index in [2.05, 4.69) is 26.9 Å². The minimum Gasteiger partial charge on any atom is -0.395 e. The lowest BCUT2D eigenvalue weighted by atomic mass is 10.2. The van der Waals surface area contributed by atoms with Crippen LogP contribution in [0.2, 0.25) is 0 Å². The van der Waals surface area contributed by atoms with Crippen LogP contribution in [-0.4, -0.2) is 64.4 Å². The molecule has 0 spiro atoms. The first-order valence-electron chi connectivity index (χ1n) is 6.08. The van der Waals surface area contributed by atoms with E-state index in [1.807, 2.05) is 6.92 Å². The molecule has 0 amide bonds. The van der Waals surface area contributed by atoms with E-state index in [0.29, 0.717) is 11.7 Å². The maximum absolute atomic E-state index is 8.89. The molecule has 1 aliphatic heterocycles. The smallest absolute Gasteiger partial charge is 0.243 e. The topological polar surface area (TPSA) is 65.6 Å². The minimum atomic E-state index is 0.174. The SMILES string of the molecule is Cc1noc(C(C)N2CCN(CCO)CC2)n1. The van der Waals surface area contributed by atoms with Gasteiger partial charge in [-0.05, 0) is 13.8 Å². The van der Waals surface area contributed by atoms with Gasteiger partial charge in [-0.15, -0.1) is 0 Å². The third-order valence-corrected chi connectivity index (χ3v) is 3.27. The van der Waals surface area contributed by atoms with E-state index in [0.717, 1.165) is 32.7 Å². The molecule has 2 heterocycles. The molecule has 1 atom stereocenters. The highest BCUT2D eigenvalue weighted by Gasteiger charge is 2.24. The normalized spacial score (nSPS) is 20.6. The summed E-state index contributed by atoms with van der Waals surface area (Å²) in [5.74, 6) is 1.38. The number of hydrogen-bond donors (Lipinski definition) is 1. The van der Waals surface area contributed by atoms with Crippen molar-refractivity contribution >= 4 is 0 Å². The molecule has 1 unspecified atom stereocenters. The highest BCUT2D eigenvalue weighted by Crippen LogP contribution is 2.19.